The van der Waals surface area contributed by atoms with Gasteiger partial charge in [0.25, 0.3) is 0 Å². The number of esters is 7. The van der Waals surface area contributed by atoms with Crippen LogP contribution in [0.15, 0.2) is 0 Å². The fraction of sp³-hybridized carbons (Fsp3) is 0.918. The van der Waals surface area contributed by atoms with Crippen molar-refractivity contribution in [1.29, 1.82) is 0 Å². The van der Waals surface area contributed by atoms with Crippen molar-refractivity contribution in [2.75, 3.05) is 26.4 Å². The fourth-order valence-corrected chi connectivity index (χ4v) is 19.5. The van der Waals surface area contributed by atoms with Gasteiger partial charge in [0.1, 0.15) is 43.7 Å². The second-order valence-corrected chi connectivity index (χ2v) is 56.7. The van der Waals surface area contributed by atoms with Gasteiger partial charge in [-0.1, -0.05) is 175 Å². The zero-order valence-electron chi connectivity index (χ0n) is 82.4. The van der Waals surface area contributed by atoms with E-state index >= 15 is 0 Å². The van der Waals surface area contributed by atoms with Crippen LogP contribution in [0.2, 0.25) is 51.4 Å². The highest BCUT2D eigenvalue weighted by molar-refractivity contribution is 6.76. The fourth-order valence-electron chi connectivity index (χ4n) is 17.1. The van der Waals surface area contributed by atoms with Gasteiger partial charge in [-0.3, -0.25) is 38.4 Å². The average molecular weight is 1710 g/mol. The van der Waals surface area contributed by atoms with E-state index < -0.39 is 45.2 Å². The summed E-state index contributed by atoms with van der Waals surface area (Å²) < 4.78 is 76.0. The molecule has 16 nitrogen and oxygen atoms in total. The first-order chi connectivity index (χ1) is 53.3. The molecule has 7 aliphatic rings. The van der Waals surface area contributed by atoms with E-state index in [1.54, 1.807) is 13.8 Å². The smallest absolute Gasteiger partial charge is 0.417 e. The first kappa shape index (κ1) is 112. The molecular weight excluding hydrogens is 1530 g/mol. The molecule has 0 aliphatic heterocycles. The lowest BCUT2D eigenvalue weighted by Gasteiger charge is -2.40. The van der Waals surface area contributed by atoms with Crippen molar-refractivity contribution in [3.63, 3.8) is 0 Å². The highest BCUT2D eigenvalue weighted by atomic mass is 28.3. The molecule has 21 heteroatoms. The summed E-state index contributed by atoms with van der Waals surface area (Å²) in [5.74, 6) is 1.33. The van der Waals surface area contributed by atoms with E-state index in [0.717, 1.165) is 108 Å². The van der Waals surface area contributed by atoms with Crippen molar-refractivity contribution in [3.05, 3.63) is 0 Å². The Morgan fingerprint density at radius 1 is 0.398 bits per heavy atom. The van der Waals surface area contributed by atoms with E-state index in [1.807, 2.05) is 111 Å². The van der Waals surface area contributed by atoms with Crippen LogP contribution in [-0.2, 0) is 71.5 Å². The number of alkyl halides is 3. The Kier molecular flexibility index (Phi) is 42.1. The number of fused-ring (bicyclic) bond motifs is 6. The maximum Gasteiger partial charge on any atom is 0.417 e. The summed E-state index contributed by atoms with van der Waals surface area (Å²) in [5, 5.41) is 9.63. The molecule has 11 unspecified atom stereocenters. The first-order valence-corrected chi connectivity index (χ1v) is 53.3. The summed E-state index contributed by atoms with van der Waals surface area (Å²) in [5.41, 5.74) is -3.25. The van der Waals surface area contributed by atoms with Gasteiger partial charge in [0, 0.05) is 32.4 Å². The van der Waals surface area contributed by atoms with Crippen LogP contribution in [0.1, 0.15) is 362 Å². The Morgan fingerprint density at radius 2 is 0.653 bits per heavy atom. The van der Waals surface area contributed by atoms with Crippen molar-refractivity contribution >= 4 is 63.7 Å². The quantitative estimate of drug-likeness (QED) is 0.0224. The van der Waals surface area contributed by atoms with Crippen molar-refractivity contribution in [1.82, 2.24) is 0 Å². The van der Waals surface area contributed by atoms with E-state index in [-0.39, 0.29) is 123 Å². The topological polar surface area (TPSA) is 221 Å². The summed E-state index contributed by atoms with van der Waals surface area (Å²) in [6.45, 7) is 78.1. The van der Waals surface area contributed by atoms with E-state index in [9.17, 15) is 56.6 Å². The van der Waals surface area contributed by atoms with Crippen LogP contribution in [0.5, 0.6) is 0 Å². The third-order valence-electron chi connectivity index (χ3n) is 31.7. The summed E-state index contributed by atoms with van der Waals surface area (Å²) in [6.07, 6.45) is 16.9. The Balaban J connectivity index is 0.000000689. The Morgan fingerprint density at radius 3 is 0.864 bits per heavy atom. The number of ether oxygens (including phenoxy) is 7. The largest absolute Gasteiger partial charge is 0.465 e. The second kappa shape index (κ2) is 44.3. The molecule has 7 rings (SSSR count). The van der Waals surface area contributed by atoms with E-state index in [2.05, 4.69) is 115 Å². The van der Waals surface area contributed by atoms with Gasteiger partial charge in [-0.15, -0.1) is 0 Å². The van der Waals surface area contributed by atoms with Gasteiger partial charge in [0.05, 0.1) is 45.7 Å². The molecule has 7 saturated carbocycles. The van der Waals surface area contributed by atoms with E-state index in [4.69, 9.17) is 33.2 Å². The molecule has 0 amide bonds. The molecule has 7 fully saturated rings. The number of hydrogen-bond acceptors (Lipinski definition) is 16. The number of ketones is 1. The maximum atomic E-state index is 12.7. The third kappa shape index (κ3) is 30.5. The summed E-state index contributed by atoms with van der Waals surface area (Å²) >= 11 is 0. The molecule has 0 aromatic carbocycles. The first-order valence-electron chi connectivity index (χ1n) is 45.9. The van der Waals surface area contributed by atoms with Gasteiger partial charge in [-0.25, -0.2) is 0 Å². The number of carbonyl (C=O) groups is 8. The minimum absolute atomic E-state index is 0.0143. The molecule has 0 saturated heterocycles. The predicted molar refractivity (Wildman–Crippen MR) is 478 cm³/mol. The molecule has 0 spiro atoms. The van der Waals surface area contributed by atoms with Crippen LogP contribution >= 0.6 is 0 Å². The molecule has 0 heterocycles. The maximum absolute atomic E-state index is 12.7. The Labute approximate surface area is 720 Å². The molecule has 7 aliphatic carbocycles. The van der Waals surface area contributed by atoms with Gasteiger partial charge < -0.3 is 38.3 Å². The minimum atomic E-state index is -4.51. The minimum Gasteiger partial charge on any atom is -0.465 e. The number of aliphatic hydroxyl groups is 1. The average Bonchev–Trinajstić information content (AvgIpc) is 1.57. The molecule has 6 bridgehead atoms. The summed E-state index contributed by atoms with van der Waals surface area (Å²) in [6, 6.07) is 2.46. The third-order valence-corrected chi connectivity index (χ3v) is 35.4. The molecule has 1 N–H and O–H groups in total. The molecule has 0 aromatic rings. The van der Waals surface area contributed by atoms with Gasteiger partial charge >= 0.3 is 48.0 Å². The molecule has 692 valence electrons. The van der Waals surface area contributed by atoms with Crippen LogP contribution < -0.4 is 0 Å². The standard InChI is InChI=1S/3C16H28O2.C13H23F3O.C12H20O5.2C12H26O2Si/c3*1-7-14(2,3)13(17)18-12-10-11-8-9-16(12,6)15(11,4)5;1-4-9(2)10-5-7-11(8-6-10)12(3,17)13(14,15)16;1-5-12(3,4)11(15)17-7-6-16-10(14)8-9(2)13;2*1-7-12(2,3)11(13)14-9-8-10-15(4,5)6/h3*11-12H,7-10H2,1-6H3;9-11,17H,4-8H2,1-3H3;5-8H2,1-4H3;2*7-10H2,1-6H3. The molecule has 11 atom stereocenters. The lowest BCUT2D eigenvalue weighted by atomic mass is 9.70. The number of halogens is 3. The summed E-state index contributed by atoms with van der Waals surface area (Å²) in [7, 11) is -1.95. The second-order valence-electron chi connectivity index (χ2n) is 45.4. The molecule has 0 aromatic heterocycles. The van der Waals surface area contributed by atoms with Crippen LogP contribution in [0.4, 0.5) is 13.2 Å². The number of rotatable bonds is 31. The van der Waals surface area contributed by atoms with Gasteiger partial charge in [0.15, 0.2) is 5.60 Å². The highest BCUT2D eigenvalue weighted by Crippen LogP contribution is 2.69. The normalized spacial score (nSPS) is 26.7. The highest BCUT2D eigenvalue weighted by Gasteiger charge is 2.66. The van der Waals surface area contributed by atoms with Crippen LogP contribution in [0, 0.1) is 100 Å². The van der Waals surface area contributed by atoms with Gasteiger partial charge in [0.2, 0.25) is 0 Å². The Hall–Kier alpha value is -3.86. The molecule has 118 heavy (non-hydrogen) atoms. The van der Waals surface area contributed by atoms with E-state index in [1.165, 1.54) is 57.5 Å². The van der Waals surface area contributed by atoms with Crippen molar-refractivity contribution < 1.29 is 89.8 Å². The SMILES string of the molecule is CCC(C)(C)C(=O)OC1CC2CCC1(C)C2(C)C.CCC(C)(C)C(=O)OC1CC2CCC1(C)C2(C)C.CCC(C)(C)C(=O)OC1CC2CCC1(C)C2(C)C.CCC(C)(C)C(=O)OCCC[Si](C)(C)C.CCC(C)(C)C(=O)OCCC[Si](C)(C)C.CCC(C)(C)C(=O)OCCOC(=O)CC(C)=O.CCC(C)C1CCC(C(C)(O)C(F)(F)F)CC1. The van der Waals surface area contributed by atoms with Gasteiger partial charge in [-0.05, 0) is 284 Å². The van der Waals surface area contributed by atoms with Crippen molar-refractivity contribution in [3.8, 4) is 0 Å². The molecule has 0 radical (unpaired) electrons. The van der Waals surface area contributed by atoms with E-state index in [0.29, 0.717) is 60.6 Å². The van der Waals surface area contributed by atoms with Crippen LogP contribution in [0.3, 0.4) is 0 Å². The zero-order chi connectivity index (χ0) is 92.3. The number of Topliss-reactive ketones (excluding diaryl/α,β-unsaturated/α-hetero) is 1. The van der Waals surface area contributed by atoms with Crippen molar-refractivity contribution in [2.24, 2.45) is 100 Å². The zero-order valence-corrected chi connectivity index (χ0v) is 84.4. The van der Waals surface area contributed by atoms with Gasteiger partial charge in [-0.2, -0.15) is 13.2 Å². The Bertz CT molecular complexity index is 2970. The monoisotopic (exact) mass is 1710 g/mol. The molecular formula is C97H179F3O16Si2. The lowest BCUT2D eigenvalue weighted by molar-refractivity contribution is -0.275. The number of carbonyl (C=O) groups excluding carboxylic acids is 8. The lowest BCUT2D eigenvalue weighted by Crippen LogP contribution is -2.49. The van der Waals surface area contributed by atoms with Crippen LogP contribution in [-0.4, -0.2) is 125 Å². The summed E-state index contributed by atoms with van der Waals surface area (Å²) in [4.78, 5) is 93.0. The van der Waals surface area contributed by atoms with Crippen LogP contribution in [0.25, 0.3) is 0 Å². The van der Waals surface area contributed by atoms with Crippen molar-refractivity contribution in [2.45, 2.75) is 444 Å². The number of hydrogen-bond donors (Lipinski definition) is 1. The predicted octanol–water partition coefficient (Wildman–Crippen LogP) is 25.6.